The smallest absolute Gasteiger partial charge is 0.473 e. The van der Waals surface area contributed by atoms with E-state index in [1.807, 2.05) is 0 Å². The molecule has 2 bridgehead atoms. The van der Waals surface area contributed by atoms with Crippen molar-refractivity contribution in [2.24, 2.45) is 0 Å². The van der Waals surface area contributed by atoms with Crippen molar-refractivity contribution in [3.8, 4) is 5.88 Å². The minimum Gasteiger partial charge on any atom is -0.473 e. The molecule has 9 heteroatoms. The monoisotopic (exact) mass is 317 g/mol. The van der Waals surface area contributed by atoms with Crippen molar-refractivity contribution in [1.29, 1.82) is 0 Å². The predicted molar refractivity (Wildman–Crippen MR) is 66.7 cm³/mol. The van der Waals surface area contributed by atoms with Crippen LogP contribution in [0.3, 0.4) is 0 Å². The number of piperidine rings is 1. The number of aromatic nitrogens is 2. The first-order valence-electron chi connectivity index (χ1n) is 6.87. The van der Waals surface area contributed by atoms with Gasteiger partial charge in [-0.1, -0.05) is 0 Å². The predicted octanol–water partition coefficient (Wildman–Crippen LogP) is 1.57. The van der Waals surface area contributed by atoms with Gasteiger partial charge in [-0.25, -0.2) is 9.78 Å². The van der Waals surface area contributed by atoms with Crippen LogP contribution in [0.5, 0.6) is 5.88 Å². The van der Waals surface area contributed by atoms with Gasteiger partial charge >= 0.3 is 12.1 Å². The van der Waals surface area contributed by atoms with Gasteiger partial charge in [0.2, 0.25) is 5.88 Å². The zero-order valence-corrected chi connectivity index (χ0v) is 11.5. The molecule has 0 spiro atoms. The SMILES string of the molecule is O=C(O[C@]12CC[C@@H](C[C@@H](Oc3cnccn3)C1)N2)C(F)(F)F. The van der Waals surface area contributed by atoms with E-state index in [-0.39, 0.29) is 18.6 Å². The van der Waals surface area contributed by atoms with E-state index in [0.717, 1.165) is 0 Å². The number of carbonyl (C=O) groups excluding carboxylic acids is 1. The van der Waals surface area contributed by atoms with E-state index >= 15 is 0 Å². The maximum Gasteiger partial charge on any atom is 0.490 e. The number of nitrogens with one attached hydrogen (secondary N) is 1. The van der Waals surface area contributed by atoms with Gasteiger partial charge in [-0.05, 0) is 6.42 Å². The zero-order chi connectivity index (χ0) is 15.8. The third kappa shape index (κ3) is 3.13. The van der Waals surface area contributed by atoms with E-state index in [1.165, 1.54) is 18.6 Å². The summed E-state index contributed by atoms with van der Waals surface area (Å²) in [4.78, 5) is 19.0. The van der Waals surface area contributed by atoms with Crippen LogP contribution in [0.4, 0.5) is 13.2 Å². The standard InChI is InChI=1S/C13H14F3N3O3/c14-13(15,16)11(20)22-12-2-1-8(19-12)5-9(6-12)21-10-7-17-3-4-18-10/h3-4,7-9,19H,1-2,5-6H2/t8-,9+,12+/m0/s1. The Morgan fingerprint density at radius 1 is 1.41 bits per heavy atom. The van der Waals surface area contributed by atoms with Crippen molar-refractivity contribution >= 4 is 5.97 Å². The zero-order valence-electron chi connectivity index (χ0n) is 11.5. The second-order valence-corrected chi connectivity index (χ2v) is 5.48. The maximum atomic E-state index is 12.4. The Morgan fingerprint density at radius 3 is 2.91 bits per heavy atom. The molecule has 2 saturated heterocycles. The summed E-state index contributed by atoms with van der Waals surface area (Å²) in [5.74, 6) is -1.88. The van der Waals surface area contributed by atoms with E-state index < -0.39 is 17.9 Å². The fourth-order valence-electron chi connectivity index (χ4n) is 2.99. The highest BCUT2D eigenvalue weighted by atomic mass is 19.4. The third-order valence-electron chi connectivity index (χ3n) is 3.82. The highest BCUT2D eigenvalue weighted by Gasteiger charge is 2.53. The van der Waals surface area contributed by atoms with Crippen molar-refractivity contribution in [1.82, 2.24) is 15.3 Å². The molecule has 3 atom stereocenters. The van der Waals surface area contributed by atoms with Gasteiger partial charge in [0.05, 0.1) is 6.20 Å². The van der Waals surface area contributed by atoms with Gasteiger partial charge in [0, 0.05) is 37.7 Å². The molecule has 2 aliphatic rings. The summed E-state index contributed by atoms with van der Waals surface area (Å²) < 4.78 is 47.6. The largest absolute Gasteiger partial charge is 0.490 e. The molecule has 1 N–H and O–H groups in total. The van der Waals surface area contributed by atoms with Gasteiger partial charge in [-0.3, -0.25) is 10.3 Å². The number of hydrogen-bond donors (Lipinski definition) is 1. The highest BCUT2D eigenvalue weighted by Crippen LogP contribution is 2.39. The molecule has 2 fully saturated rings. The van der Waals surface area contributed by atoms with Gasteiger partial charge in [0.1, 0.15) is 6.10 Å². The van der Waals surface area contributed by atoms with Crippen LogP contribution in [-0.4, -0.2) is 40.0 Å². The Balaban J connectivity index is 1.69. The molecule has 1 aromatic rings. The molecule has 22 heavy (non-hydrogen) atoms. The van der Waals surface area contributed by atoms with Crippen LogP contribution in [-0.2, 0) is 9.53 Å². The molecular formula is C13H14F3N3O3. The first kappa shape index (κ1) is 15.0. The molecule has 6 nitrogen and oxygen atoms in total. The number of nitrogens with zero attached hydrogens (tertiary/aromatic N) is 2. The van der Waals surface area contributed by atoms with Crippen LogP contribution in [0.2, 0.25) is 0 Å². The van der Waals surface area contributed by atoms with Crippen molar-refractivity contribution in [2.75, 3.05) is 0 Å². The van der Waals surface area contributed by atoms with Gasteiger partial charge in [0.15, 0.2) is 5.72 Å². The summed E-state index contributed by atoms with van der Waals surface area (Å²) in [5.41, 5.74) is -1.32. The van der Waals surface area contributed by atoms with Crippen molar-refractivity contribution in [2.45, 2.75) is 49.7 Å². The summed E-state index contributed by atoms with van der Waals surface area (Å²) in [6.45, 7) is 0. The minimum atomic E-state index is -5.01. The summed E-state index contributed by atoms with van der Waals surface area (Å²) in [7, 11) is 0. The lowest BCUT2D eigenvalue weighted by Crippen LogP contribution is -2.56. The molecule has 3 heterocycles. The number of ether oxygens (including phenoxy) is 2. The highest BCUT2D eigenvalue weighted by molar-refractivity contribution is 5.76. The lowest BCUT2D eigenvalue weighted by molar-refractivity contribution is -0.219. The molecule has 0 aliphatic carbocycles. The van der Waals surface area contributed by atoms with Crippen molar-refractivity contribution in [3.63, 3.8) is 0 Å². The fourth-order valence-corrected chi connectivity index (χ4v) is 2.99. The molecule has 0 amide bonds. The molecular weight excluding hydrogens is 303 g/mol. The van der Waals surface area contributed by atoms with Crippen LogP contribution < -0.4 is 10.1 Å². The number of rotatable bonds is 3. The molecule has 120 valence electrons. The number of alkyl halides is 3. The number of fused-ring (bicyclic) bond motifs is 2. The first-order chi connectivity index (χ1) is 10.4. The summed E-state index contributed by atoms with van der Waals surface area (Å²) in [5, 5.41) is 2.96. The molecule has 0 saturated carbocycles. The Morgan fingerprint density at radius 2 is 2.23 bits per heavy atom. The van der Waals surface area contributed by atoms with E-state index in [2.05, 4.69) is 15.3 Å². The van der Waals surface area contributed by atoms with Crippen LogP contribution >= 0.6 is 0 Å². The molecule has 1 aromatic heterocycles. The van der Waals surface area contributed by atoms with Crippen molar-refractivity contribution in [3.05, 3.63) is 18.6 Å². The van der Waals surface area contributed by atoms with E-state index in [4.69, 9.17) is 9.47 Å². The first-order valence-corrected chi connectivity index (χ1v) is 6.87. The lowest BCUT2D eigenvalue weighted by Gasteiger charge is -2.38. The Kier molecular flexibility index (Phi) is 3.67. The lowest BCUT2D eigenvalue weighted by atomic mass is 9.99. The molecule has 0 aromatic carbocycles. The second-order valence-electron chi connectivity index (χ2n) is 5.48. The van der Waals surface area contributed by atoms with Crippen LogP contribution in [0.1, 0.15) is 25.7 Å². The minimum absolute atomic E-state index is 0.0449. The summed E-state index contributed by atoms with van der Waals surface area (Å²) in [6.07, 6.45) is 0.711. The van der Waals surface area contributed by atoms with Crippen LogP contribution in [0.15, 0.2) is 18.6 Å². The Labute approximate surface area is 124 Å². The second kappa shape index (κ2) is 5.38. The Hall–Kier alpha value is -1.90. The molecule has 2 aliphatic heterocycles. The topological polar surface area (TPSA) is 73.3 Å². The fraction of sp³-hybridized carbons (Fsp3) is 0.615. The van der Waals surface area contributed by atoms with E-state index in [1.54, 1.807) is 0 Å². The quantitative estimate of drug-likeness (QED) is 0.853. The average Bonchev–Trinajstić information content (AvgIpc) is 2.74. The number of halogens is 3. The van der Waals surface area contributed by atoms with Gasteiger partial charge in [-0.15, -0.1) is 0 Å². The maximum absolute atomic E-state index is 12.4. The van der Waals surface area contributed by atoms with Gasteiger partial charge in [0.25, 0.3) is 0 Å². The summed E-state index contributed by atoms with van der Waals surface area (Å²) >= 11 is 0. The van der Waals surface area contributed by atoms with Gasteiger partial charge in [-0.2, -0.15) is 13.2 Å². The number of esters is 1. The van der Waals surface area contributed by atoms with Gasteiger partial charge < -0.3 is 9.47 Å². The van der Waals surface area contributed by atoms with E-state index in [0.29, 0.717) is 25.1 Å². The van der Waals surface area contributed by atoms with E-state index in [9.17, 15) is 18.0 Å². The van der Waals surface area contributed by atoms with Crippen molar-refractivity contribution < 1.29 is 27.4 Å². The Bertz CT molecular complexity index is 554. The van der Waals surface area contributed by atoms with Crippen LogP contribution in [0.25, 0.3) is 0 Å². The normalized spacial score (nSPS) is 30.9. The molecule has 0 radical (unpaired) electrons. The average molecular weight is 317 g/mol. The summed E-state index contributed by atoms with van der Waals surface area (Å²) in [6, 6.07) is -0.0449. The number of hydrogen-bond acceptors (Lipinski definition) is 6. The third-order valence-corrected chi connectivity index (χ3v) is 3.82. The molecule has 0 unspecified atom stereocenters. The van der Waals surface area contributed by atoms with Crippen LogP contribution in [0, 0.1) is 0 Å². The molecule has 3 rings (SSSR count). The number of carbonyl (C=O) groups is 1.